The molecule has 0 aliphatic heterocycles. The fraction of sp³-hybridized carbons (Fsp3) is 0.346. The Hall–Kier alpha value is -2.72. The summed E-state index contributed by atoms with van der Waals surface area (Å²) in [5, 5.41) is 16.3. The maximum atomic E-state index is 13.3. The Morgan fingerprint density at radius 1 is 1.10 bits per heavy atom. The van der Waals surface area contributed by atoms with Gasteiger partial charge in [0.2, 0.25) is 0 Å². The zero-order chi connectivity index (χ0) is 20.9. The molecule has 2 atom stereocenters. The molecule has 0 amide bonds. The molecule has 154 valence electrons. The first-order valence-electron chi connectivity index (χ1n) is 10.7. The highest BCUT2D eigenvalue weighted by Crippen LogP contribution is 2.56. The summed E-state index contributed by atoms with van der Waals surface area (Å²) >= 11 is 0. The highest BCUT2D eigenvalue weighted by molar-refractivity contribution is 5.62. The minimum absolute atomic E-state index is 0.250. The van der Waals surface area contributed by atoms with Gasteiger partial charge in [0.15, 0.2) is 0 Å². The Labute approximate surface area is 176 Å². The number of aromatic nitrogens is 2. The number of hydrogen-bond acceptors (Lipinski definition) is 2. The maximum absolute atomic E-state index is 13.3. The molecule has 0 bridgehead atoms. The van der Waals surface area contributed by atoms with Crippen LogP contribution in [0.3, 0.4) is 0 Å². The molecule has 1 N–H and O–H groups in total. The van der Waals surface area contributed by atoms with Crippen molar-refractivity contribution in [3.63, 3.8) is 0 Å². The van der Waals surface area contributed by atoms with Crippen LogP contribution in [0.15, 0.2) is 60.3 Å². The molecule has 2 aromatic carbocycles. The topological polar surface area (TPSA) is 38.1 Å². The minimum Gasteiger partial charge on any atom is -0.389 e. The highest BCUT2D eigenvalue weighted by atomic mass is 19.1. The van der Waals surface area contributed by atoms with Crippen LogP contribution in [-0.2, 0) is 12.8 Å². The highest BCUT2D eigenvalue weighted by Gasteiger charge is 2.54. The molecule has 3 aromatic rings. The van der Waals surface area contributed by atoms with Crippen molar-refractivity contribution in [2.24, 2.45) is 5.41 Å². The first-order valence-corrected chi connectivity index (χ1v) is 10.7. The van der Waals surface area contributed by atoms with Crippen molar-refractivity contribution in [2.75, 3.05) is 0 Å². The van der Waals surface area contributed by atoms with Gasteiger partial charge in [-0.15, -0.1) is 0 Å². The second kappa shape index (κ2) is 6.92. The van der Waals surface area contributed by atoms with E-state index in [1.807, 2.05) is 10.9 Å². The van der Waals surface area contributed by atoms with Gasteiger partial charge in [0.05, 0.1) is 23.2 Å². The molecule has 30 heavy (non-hydrogen) atoms. The molecule has 0 radical (unpaired) electrons. The Balaban J connectivity index is 1.43. The fourth-order valence-corrected chi connectivity index (χ4v) is 5.22. The molecule has 3 nitrogen and oxygen atoms in total. The van der Waals surface area contributed by atoms with Crippen molar-refractivity contribution >= 4 is 6.08 Å². The van der Waals surface area contributed by atoms with Crippen LogP contribution in [0, 0.1) is 18.2 Å². The van der Waals surface area contributed by atoms with Crippen LogP contribution in [0.25, 0.3) is 11.8 Å². The lowest BCUT2D eigenvalue weighted by molar-refractivity contribution is -0.0461. The molecule has 0 unspecified atom stereocenters. The van der Waals surface area contributed by atoms with Gasteiger partial charge in [0.1, 0.15) is 5.82 Å². The molecule has 5 rings (SSSR count). The first-order chi connectivity index (χ1) is 14.4. The Bertz CT molecular complexity index is 1110. The normalized spacial score (nSPS) is 25.0. The molecule has 0 spiro atoms. The van der Waals surface area contributed by atoms with Crippen molar-refractivity contribution in [1.82, 2.24) is 9.78 Å². The van der Waals surface area contributed by atoms with E-state index in [9.17, 15) is 9.50 Å². The van der Waals surface area contributed by atoms with E-state index in [0.717, 1.165) is 49.0 Å². The molecule has 2 aliphatic carbocycles. The van der Waals surface area contributed by atoms with E-state index in [0.29, 0.717) is 0 Å². The summed E-state index contributed by atoms with van der Waals surface area (Å²) in [5.74, 6) is -0.250. The largest absolute Gasteiger partial charge is 0.389 e. The standard InChI is InChI=1S/C26H27FN2O/c1-18-3-5-19(6-4-18)11-13-26(30)14-12-21-15-24-20(16-25(21,26)2)17-28-29(24)23-9-7-22(27)8-10-23/h3-10,15,17,30H,11-14,16H2,1-2H3/t25-,26-/m0/s1. The van der Waals surface area contributed by atoms with Gasteiger partial charge in [-0.3, -0.25) is 0 Å². The molecular weight excluding hydrogens is 375 g/mol. The number of halogens is 1. The van der Waals surface area contributed by atoms with Gasteiger partial charge in [-0.2, -0.15) is 5.10 Å². The predicted octanol–water partition coefficient (Wildman–Crippen LogP) is 5.42. The Morgan fingerprint density at radius 3 is 2.57 bits per heavy atom. The smallest absolute Gasteiger partial charge is 0.123 e. The van der Waals surface area contributed by atoms with Gasteiger partial charge in [0, 0.05) is 5.41 Å². The quantitative estimate of drug-likeness (QED) is 0.632. The number of nitrogens with zero attached hydrogens (tertiary/aromatic N) is 2. The number of rotatable bonds is 4. The third-order valence-corrected chi connectivity index (χ3v) is 7.30. The molecule has 1 saturated carbocycles. The molecule has 1 fully saturated rings. The number of fused-ring (bicyclic) bond motifs is 2. The lowest BCUT2D eigenvalue weighted by Gasteiger charge is -2.42. The maximum Gasteiger partial charge on any atom is 0.123 e. The van der Waals surface area contributed by atoms with Crippen LogP contribution < -0.4 is 0 Å². The second-order valence-electron chi connectivity index (χ2n) is 9.14. The summed E-state index contributed by atoms with van der Waals surface area (Å²) in [4.78, 5) is 0. The molecular formula is C26H27FN2O. The molecule has 4 heteroatoms. The molecule has 0 saturated heterocycles. The van der Waals surface area contributed by atoms with Crippen LogP contribution in [-0.4, -0.2) is 20.5 Å². The molecule has 1 aromatic heterocycles. The van der Waals surface area contributed by atoms with E-state index < -0.39 is 5.60 Å². The lowest BCUT2D eigenvalue weighted by atomic mass is 9.65. The van der Waals surface area contributed by atoms with Crippen molar-refractivity contribution in [2.45, 2.75) is 51.6 Å². The average Bonchev–Trinajstić information content (AvgIpc) is 3.25. The van der Waals surface area contributed by atoms with Gasteiger partial charge in [0.25, 0.3) is 0 Å². The van der Waals surface area contributed by atoms with Gasteiger partial charge in [-0.1, -0.05) is 42.3 Å². The van der Waals surface area contributed by atoms with Crippen molar-refractivity contribution < 1.29 is 9.50 Å². The van der Waals surface area contributed by atoms with E-state index in [4.69, 9.17) is 0 Å². The van der Waals surface area contributed by atoms with Gasteiger partial charge in [-0.25, -0.2) is 9.07 Å². The Kier molecular flexibility index (Phi) is 4.44. The zero-order valence-corrected chi connectivity index (χ0v) is 17.5. The summed E-state index contributed by atoms with van der Waals surface area (Å²) in [6.07, 6.45) is 8.20. The van der Waals surface area contributed by atoms with E-state index in [1.54, 1.807) is 12.1 Å². The van der Waals surface area contributed by atoms with Crippen LogP contribution in [0.5, 0.6) is 0 Å². The van der Waals surface area contributed by atoms with Crippen molar-refractivity contribution in [1.29, 1.82) is 0 Å². The average molecular weight is 403 g/mol. The predicted molar refractivity (Wildman–Crippen MR) is 117 cm³/mol. The fourth-order valence-electron chi connectivity index (χ4n) is 5.22. The first kappa shape index (κ1) is 19.3. The number of benzene rings is 2. The van der Waals surface area contributed by atoms with Gasteiger partial charge in [-0.05, 0) is 80.5 Å². The van der Waals surface area contributed by atoms with Crippen molar-refractivity contribution in [3.8, 4) is 5.69 Å². The van der Waals surface area contributed by atoms with E-state index in [2.05, 4.69) is 49.3 Å². The third kappa shape index (κ3) is 3.02. The number of aliphatic hydroxyl groups is 1. The summed E-state index contributed by atoms with van der Waals surface area (Å²) in [6.45, 7) is 4.30. The Morgan fingerprint density at radius 2 is 1.83 bits per heavy atom. The second-order valence-corrected chi connectivity index (χ2v) is 9.14. The summed E-state index contributed by atoms with van der Waals surface area (Å²) in [5.41, 5.74) is 5.87. The van der Waals surface area contributed by atoms with Crippen LogP contribution in [0.4, 0.5) is 4.39 Å². The summed E-state index contributed by atoms with van der Waals surface area (Å²) in [6, 6.07) is 15.0. The van der Waals surface area contributed by atoms with Crippen LogP contribution in [0.2, 0.25) is 0 Å². The van der Waals surface area contributed by atoms with E-state index in [-0.39, 0.29) is 11.2 Å². The van der Waals surface area contributed by atoms with Gasteiger partial charge >= 0.3 is 0 Å². The SMILES string of the molecule is Cc1ccc(CC[C@]2(O)CCC3=Cc4c(cnn4-c4ccc(F)cc4)C[C@@]32C)cc1. The molecule has 2 aliphatic rings. The van der Waals surface area contributed by atoms with Gasteiger partial charge < -0.3 is 5.11 Å². The van der Waals surface area contributed by atoms with Crippen LogP contribution in [0.1, 0.15) is 48.6 Å². The van der Waals surface area contributed by atoms with E-state index in [1.165, 1.54) is 28.8 Å². The minimum atomic E-state index is -0.723. The lowest BCUT2D eigenvalue weighted by Crippen LogP contribution is -2.45. The third-order valence-electron chi connectivity index (χ3n) is 7.30. The number of aryl methyl sites for hydroxylation is 2. The monoisotopic (exact) mass is 402 g/mol. The number of hydrogen-bond donors (Lipinski definition) is 1. The zero-order valence-electron chi connectivity index (χ0n) is 17.5. The van der Waals surface area contributed by atoms with Crippen molar-refractivity contribution in [3.05, 3.63) is 88.5 Å². The molecule has 1 heterocycles. The van der Waals surface area contributed by atoms with Crippen LogP contribution >= 0.6 is 0 Å². The van der Waals surface area contributed by atoms with E-state index >= 15 is 0 Å². The summed E-state index contributed by atoms with van der Waals surface area (Å²) in [7, 11) is 0. The summed E-state index contributed by atoms with van der Waals surface area (Å²) < 4.78 is 15.2.